The van der Waals surface area contributed by atoms with Crippen LogP contribution in [0, 0.1) is 11.7 Å². The highest BCUT2D eigenvalue weighted by Gasteiger charge is 2.51. The first-order chi connectivity index (χ1) is 17.2. The molecule has 0 saturated carbocycles. The SMILES string of the molecule is CC(O)(c1ccc2c(c1)CC[C@@H](CC(=O)C[C@@H]1COC(=O)C1)N2S(=O)(=O)c1ccc(F)cc1)C(F)(F)F. The fraction of sp³-hybridized carbons (Fsp3) is 0.440. The van der Waals surface area contributed by atoms with Crippen molar-refractivity contribution >= 4 is 27.5 Å². The van der Waals surface area contributed by atoms with Gasteiger partial charge in [0.25, 0.3) is 10.0 Å². The number of rotatable bonds is 7. The number of alkyl halides is 3. The third-order valence-corrected chi connectivity index (χ3v) is 8.68. The lowest BCUT2D eigenvalue weighted by atomic mass is 9.88. The number of hydrogen-bond donors (Lipinski definition) is 1. The zero-order valence-electron chi connectivity index (χ0n) is 19.8. The molecule has 1 unspecified atom stereocenters. The summed E-state index contributed by atoms with van der Waals surface area (Å²) in [5.74, 6) is -1.65. The van der Waals surface area contributed by atoms with E-state index in [-0.39, 0.29) is 66.6 Å². The van der Waals surface area contributed by atoms with E-state index in [0.717, 1.165) is 40.7 Å². The molecular weight excluding hydrogens is 518 g/mol. The van der Waals surface area contributed by atoms with Crippen molar-refractivity contribution in [1.82, 2.24) is 0 Å². The highest BCUT2D eigenvalue weighted by Crippen LogP contribution is 2.43. The number of nitrogens with zero attached hydrogens (tertiary/aromatic N) is 1. The van der Waals surface area contributed by atoms with E-state index in [0.29, 0.717) is 6.92 Å². The van der Waals surface area contributed by atoms with Crippen molar-refractivity contribution < 1.29 is 45.4 Å². The Morgan fingerprint density at radius 1 is 1.14 bits per heavy atom. The molecule has 0 aromatic heterocycles. The molecule has 2 aliphatic heterocycles. The second kappa shape index (κ2) is 9.71. The van der Waals surface area contributed by atoms with E-state index in [2.05, 4.69) is 0 Å². The first kappa shape index (κ1) is 27.1. The van der Waals surface area contributed by atoms with Gasteiger partial charge in [0.05, 0.1) is 29.7 Å². The zero-order chi connectivity index (χ0) is 27.2. The number of aliphatic hydroxyl groups is 1. The minimum absolute atomic E-state index is 0.0208. The van der Waals surface area contributed by atoms with Crippen molar-refractivity contribution in [2.75, 3.05) is 10.9 Å². The maximum atomic E-state index is 13.7. The zero-order valence-corrected chi connectivity index (χ0v) is 20.6. The quantitative estimate of drug-likeness (QED) is 0.418. The Kier molecular flexibility index (Phi) is 7.10. The van der Waals surface area contributed by atoms with Gasteiger partial charge in [-0.05, 0) is 61.2 Å². The molecule has 37 heavy (non-hydrogen) atoms. The van der Waals surface area contributed by atoms with Crippen LogP contribution in [0.25, 0.3) is 0 Å². The summed E-state index contributed by atoms with van der Waals surface area (Å²) in [5.41, 5.74) is -3.27. The molecule has 4 rings (SSSR count). The summed E-state index contributed by atoms with van der Waals surface area (Å²) in [5, 5.41) is 10.1. The normalized spacial score (nSPS) is 21.8. The van der Waals surface area contributed by atoms with E-state index >= 15 is 0 Å². The fourth-order valence-corrected chi connectivity index (χ4v) is 6.41. The number of hydrogen-bond acceptors (Lipinski definition) is 6. The Bertz CT molecular complexity index is 1310. The number of ether oxygens (including phenoxy) is 1. The molecular formula is C25H25F4NO6S. The number of aryl methyl sites for hydroxylation is 1. The molecule has 3 atom stereocenters. The number of sulfonamides is 1. The predicted molar refractivity (Wildman–Crippen MR) is 124 cm³/mol. The fourth-order valence-electron chi connectivity index (χ4n) is 4.70. The minimum Gasteiger partial charge on any atom is -0.465 e. The third-order valence-electron chi connectivity index (χ3n) is 6.80. The number of carbonyl (C=O) groups excluding carboxylic acids is 2. The summed E-state index contributed by atoms with van der Waals surface area (Å²) in [6, 6.07) is 6.54. The van der Waals surface area contributed by atoms with E-state index in [1.54, 1.807) is 0 Å². The van der Waals surface area contributed by atoms with Gasteiger partial charge in [-0.15, -0.1) is 0 Å². The highest BCUT2D eigenvalue weighted by molar-refractivity contribution is 7.92. The van der Waals surface area contributed by atoms with Gasteiger partial charge < -0.3 is 9.84 Å². The Morgan fingerprint density at radius 2 is 1.81 bits per heavy atom. The van der Waals surface area contributed by atoms with E-state index in [1.165, 1.54) is 6.07 Å². The number of Topliss-reactive ketones (excluding diaryl/α,β-unsaturated/α-hetero) is 1. The molecule has 0 radical (unpaired) electrons. The van der Waals surface area contributed by atoms with E-state index in [1.807, 2.05) is 0 Å². The minimum atomic E-state index is -4.96. The number of anilines is 1. The van der Waals surface area contributed by atoms with Crippen molar-refractivity contribution in [3.05, 3.63) is 59.4 Å². The number of halogens is 4. The molecule has 0 bridgehead atoms. The average molecular weight is 544 g/mol. The van der Waals surface area contributed by atoms with Crippen molar-refractivity contribution in [3.8, 4) is 0 Å². The lowest BCUT2D eigenvalue weighted by Gasteiger charge is -2.38. The molecule has 1 N–H and O–H groups in total. The first-order valence-electron chi connectivity index (χ1n) is 11.6. The van der Waals surface area contributed by atoms with Gasteiger partial charge in [-0.3, -0.25) is 13.9 Å². The van der Waals surface area contributed by atoms with Gasteiger partial charge >= 0.3 is 12.1 Å². The predicted octanol–water partition coefficient (Wildman–Crippen LogP) is 4.02. The van der Waals surface area contributed by atoms with Crippen LogP contribution in [0.15, 0.2) is 47.4 Å². The maximum Gasteiger partial charge on any atom is 0.421 e. The molecule has 0 amide bonds. The Balaban J connectivity index is 1.71. The number of carbonyl (C=O) groups is 2. The molecule has 1 saturated heterocycles. The molecule has 2 aromatic rings. The molecule has 1 fully saturated rings. The van der Waals surface area contributed by atoms with Crippen molar-refractivity contribution in [1.29, 1.82) is 0 Å². The van der Waals surface area contributed by atoms with Crippen LogP contribution in [0.2, 0.25) is 0 Å². The van der Waals surface area contributed by atoms with Gasteiger partial charge in [-0.2, -0.15) is 13.2 Å². The standard InChI is InChI=1S/C25H25F4NO6S/c1-24(33,25(27,28)29)17-3-9-22-16(12-17)2-6-19(13-20(31)10-15-11-23(32)36-14-15)30(22)37(34,35)21-7-4-18(26)5-8-21/h3-5,7-9,12,15,19,33H,2,6,10-11,13-14H2,1H3/t15-,19-,24?/m0/s1. The first-order valence-corrected chi connectivity index (χ1v) is 13.0. The summed E-state index contributed by atoms with van der Waals surface area (Å²) in [6.45, 7) is 0.723. The van der Waals surface area contributed by atoms with Gasteiger partial charge in [0, 0.05) is 18.8 Å². The Morgan fingerprint density at radius 3 is 2.41 bits per heavy atom. The number of fused-ring (bicyclic) bond motifs is 1. The molecule has 2 heterocycles. The number of cyclic esters (lactones) is 1. The molecule has 0 aliphatic carbocycles. The van der Waals surface area contributed by atoms with Crippen LogP contribution in [0.3, 0.4) is 0 Å². The van der Waals surface area contributed by atoms with Crippen LogP contribution in [0.4, 0.5) is 23.2 Å². The lowest BCUT2D eigenvalue weighted by molar-refractivity contribution is -0.258. The summed E-state index contributed by atoms with van der Waals surface area (Å²) < 4.78 is 87.0. The van der Waals surface area contributed by atoms with Crippen LogP contribution < -0.4 is 4.31 Å². The number of ketones is 1. The summed E-state index contributed by atoms with van der Waals surface area (Å²) in [7, 11) is -4.35. The van der Waals surface area contributed by atoms with E-state index < -0.39 is 45.2 Å². The second-order valence-corrected chi connectivity index (χ2v) is 11.4. The van der Waals surface area contributed by atoms with Gasteiger partial charge in [0.2, 0.25) is 0 Å². The van der Waals surface area contributed by atoms with Gasteiger partial charge in [0.1, 0.15) is 11.6 Å². The van der Waals surface area contributed by atoms with Crippen molar-refractivity contribution in [2.45, 2.75) is 61.7 Å². The molecule has 2 aromatic carbocycles. The van der Waals surface area contributed by atoms with Crippen LogP contribution in [-0.4, -0.2) is 44.1 Å². The van der Waals surface area contributed by atoms with E-state index in [9.17, 15) is 40.7 Å². The third kappa shape index (κ3) is 5.35. The molecule has 200 valence electrons. The van der Waals surface area contributed by atoms with Crippen molar-refractivity contribution in [2.24, 2.45) is 5.92 Å². The van der Waals surface area contributed by atoms with Crippen LogP contribution in [0.1, 0.15) is 43.7 Å². The summed E-state index contributed by atoms with van der Waals surface area (Å²) >= 11 is 0. The second-order valence-electron chi connectivity index (χ2n) is 9.56. The maximum absolute atomic E-state index is 13.7. The average Bonchev–Trinajstić information content (AvgIpc) is 3.22. The number of benzene rings is 2. The Hall–Kier alpha value is -2.99. The molecule has 7 nitrogen and oxygen atoms in total. The summed E-state index contributed by atoms with van der Waals surface area (Å²) in [4.78, 5) is 23.9. The van der Waals surface area contributed by atoms with Gasteiger partial charge in [0.15, 0.2) is 5.60 Å². The van der Waals surface area contributed by atoms with Crippen LogP contribution in [-0.2, 0) is 36.4 Å². The molecule has 2 aliphatic rings. The molecule has 12 heteroatoms. The number of esters is 1. The lowest BCUT2D eigenvalue weighted by Crippen LogP contribution is -2.45. The largest absolute Gasteiger partial charge is 0.465 e. The van der Waals surface area contributed by atoms with Crippen molar-refractivity contribution in [3.63, 3.8) is 0 Å². The topological polar surface area (TPSA) is 101 Å². The van der Waals surface area contributed by atoms with Gasteiger partial charge in [-0.1, -0.05) is 12.1 Å². The van der Waals surface area contributed by atoms with E-state index in [4.69, 9.17) is 4.74 Å². The van der Waals surface area contributed by atoms with Gasteiger partial charge in [-0.25, -0.2) is 12.8 Å². The summed E-state index contributed by atoms with van der Waals surface area (Å²) in [6.07, 6.45) is -4.75. The Labute approximate surface area is 211 Å². The van der Waals surface area contributed by atoms with Crippen LogP contribution >= 0.6 is 0 Å². The molecule has 0 spiro atoms. The monoisotopic (exact) mass is 543 g/mol. The smallest absolute Gasteiger partial charge is 0.421 e. The highest BCUT2D eigenvalue weighted by atomic mass is 32.2. The van der Waals surface area contributed by atoms with Crippen LogP contribution in [0.5, 0.6) is 0 Å².